The predicted molar refractivity (Wildman–Crippen MR) is 128 cm³/mol. The van der Waals surface area contributed by atoms with Crippen molar-refractivity contribution in [1.29, 1.82) is 0 Å². The molecule has 1 aliphatic heterocycles. The minimum Gasteiger partial charge on any atom is -0.367 e. The SMILES string of the molecule is C=C1CN(CCOC(c2ccccc2)c2ccccc2)C(=O)C(c2ccc(Cl)cc2)S1. The first-order chi connectivity index (χ1) is 15.1. The molecular weight excluding hydrogens is 426 g/mol. The highest BCUT2D eigenvalue weighted by atomic mass is 35.5. The molecule has 3 aromatic rings. The molecule has 1 saturated heterocycles. The fourth-order valence-electron chi connectivity index (χ4n) is 3.67. The fraction of sp³-hybridized carbons (Fsp3) is 0.192. The molecule has 3 nitrogen and oxygen atoms in total. The Bertz CT molecular complexity index is 985. The maximum absolute atomic E-state index is 13.1. The number of benzene rings is 3. The number of halogens is 1. The summed E-state index contributed by atoms with van der Waals surface area (Å²) in [6.45, 7) is 5.62. The first-order valence-corrected chi connectivity index (χ1v) is 11.5. The van der Waals surface area contributed by atoms with Gasteiger partial charge in [0.2, 0.25) is 5.91 Å². The van der Waals surface area contributed by atoms with E-state index in [1.807, 2.05) is 65.6 Å². The lowest BCUT2D eigenvalue weighted by atomic mass is 10.0. The van der Waals surface area contributed by atoms with Gasteiger partial charge in [0.1, 0.15) is 11.4 Å². The third-order valence-corrected chi connectivity index (χ3v) is 6.63. The van der Waals surface area contributed by atoms with E-state index in [0.29, 0.717) is 24.7 Å². The fourth-order valence-corrected chi connectivity index (χ4v) is 4.90. The van der Waals surface area contributed by atoms with Crippen LogP contribution >= 0.6 is 23.4 Å². The predicted octanol–water partition coefficient (Wildman–Crippen LogP) is 6.28. The van der Waals surface area contributed by atoms with Crippen LogP contribution in [0, 0.1) is 0 Å². The van der Waals surface area contributed by atoms with Gasteiger partial charge in [-0.1, -0.05) is 91.0 Å². The zero-order chi connectivity index (χ0) is 21.6. The molecule has 5 heteroatoms. The van der Waals surface area contributed by atoms with Crippen LogP contribution in [0.4, 0.5) is 0 Å². The molecular formula is C26H24ClNO2S. The van der Waals surface area contributed by atoms with Crippen LogP contribution in [0.3, 0.4) is 0 Å². The van der Waals surface area contributed by atoms with E-state index >= 15 is 0 Å². The van der Waals surface area contributed by atoms with E-state index in [2.05, 4.69) is 30.8 Å². The lowest BCUT2D eigenvalue weighted by Gasteiger charge is -2.33. The summed E-state index contributed by atoms with van der Waals surface area (Å²) < 4.78 is 6.31. The zero-order valence-corrected chi connectivity index (χ0v) is 18.7. The third kappa shape index (κ3) is 5.40. The van der Waals surface area contributed by atoms with E-state index in [0.717, 1.165) is 21.6 Å². The Labute approximate surface area is 192 Å². The van der Waals surface area contributed by atoms with Crippen molar-refractivity contribution in [2.75, 3.05) is 19.7 Å². The minimum atomic E-state index is -0.294. The van der Waals surface area contributed by atoms with E-state index in [1.165, 1.54) is 11.8 Å². The normalized spacial score (nSPS) is 16.7. The van der Waals surface area contributed by atoms with Gasteiger partial charge in [-0.15, -0.1) is 11.8 Å². The van der Waals surface area contributed by atoms with Gasteiger partial charge in [0, 0.05) is 11.6 Å². The van der Waals surface area contributed by atoms with Crippen molar-refractivity contribution >= 4 is 29.3 Å². The highest BCUT2D eigenvalue weighted by Crippen LogP contribution is 2.40. The topological polar surface area (TPSA) is 29.5 Å². The Morgan fingerprint density at radius 2 is 1.55 bits per heavy atom. The van der Waals surface area contributed by atoms with Crippen molar-refractivity contribution < 1.29 is 9.53 Å². The summed E-state index contributed by atoms with van der Waals surface area (Å²) in [6.07, 6.45) is -0.174. The lowest BCUT2D eigenvalue weighted by molar-refractivity contribution is -0.131. The van der Waals surface area contributed by atoms with Gasteiger partial charge in [-0.2, -0.15) is 0 Å². The summed E-state index contributed by atoms with van der Waals surface area (Å²) in [5.41, 5.74) is 3.13. The number of ether oxygens (including phenoxy) is 1. The molecule has 0 N–H and O–H groups in total. The van der Waals surface area contributed by atoms with Crippen molar-refractivity contribution in [3.05, 3.63) is 118 Å². The van der Waals surface area contributed by atoms with Crippen molar-refractivity contribution in [1.82, 2.24) is 4.90 Å². The summed E-state index contributed by atoms with van der Waals surface area (Å²) >= 11 is 7.53. The van der Waals surface area contributed by atoms with Crippen LogP contribution in [0.2, 0.25) is 5.02 Å². The third-order valence-electron chi connectivity index (χ3n) is 5.21. The molecule has 158 valence electrons. The summed E-state index contributed by atoms with van der Waals surface area (Å²) in [4.78, 5) is 16.0. The molecule has 1 fully saturated rings. The summed E-state index contributed by atoms with van der Waals surface area (Å²) in [7, 11) is 0. The molecule has 0 saturated carbocycles. The van der Waals surface area contributed by atoms with Crippen LogP contribution in [0.15, 0.2) is 96.4 Å². The van der Waals surface area contributed by atoms with Crippen molar-refractivity contribution in [2.24, 2.45) is 0 Å². The van der Waals surface area contributed by atoms with Gasteiger partial charge in [0.15, 0.2) is 0 Å². The number of hydrogen-bond donors (Lipinski definition) is 0. The summed E-state index contributed by atoms with van der Waals surface area (Å²) in [5.74, 6) is 0.0827. The monoisotopic (exact) mass is 449 g/mol. The second kappa shape index (κ2) is 10.2. The van der Waals surface area contributed by atoms with Crippen LogP contribution < -0.4 is 0 Å². The molecule has 1 atom stereocenters. The molecule has 31 heavy (non-hydrogen) atoms. The standard InChI is InChI=1S/C26H24ClNO2S/c1-19-18-28(26(29)25(31-19)22-12-14-23(27)15-13-22)16-17-30-24(20-8-4-2-5-9-20)21-10-6-3-7-11-21/h2-15,24-25H,1,16-18H2. The van der Waals surface area contributed by atoms with Crippen LogP contribution in [-0.2, 0) is 9.53 Å². The second-order valence-electron chi connectivity index (χ2n) is 7.42. The molecule has 0 aromatic heterocycles. The average molecular weight is 450 g/mol. The Balaban J connectivity index is 1.45. The molecule has 4 rings (SSSR count). The smallest absolute Gasteiger partial charge is 0.240 e. The molecule has 1 amide bonds. The molecule has 0 bridgehead atoms. The number of nitrogens with zero attached hydrogens (tertiary/aromatic N) is 1. The van der Waals surface area contributed by atoms with Gasteiger partial charge in [-0.05, 0) is 33.7 Å². The number of hydrogen-bond acceptors (Lipinski definition) is 3. The molecule has 1 heterocycles. The number of amides is 1. The van der Waals surface area contributed by atoms with E-state index in [1.54, 1.807) is 0 Å². The number of carbonyl (C=O) groups is 1. The zero-order valence-electron chi connectivity index (χ0n) is 17.1. The lowest BCUT2D eigenvalue weighted by Crippen LogP contribution is -2.41. The van der Waals surface area contributed by atoms with Gasteiger partial charge >= 0.3 is 0 Å². The van der Waals surface area contributed by atoms with Gasteiger partial charge in [-0.25, -0.2) is 0 Å². The van der Waals surface area contributed by atoms with E-state index in [4.69, 9.17) is 16.3 Å². The van der Waals surface area contributed by atoms with Crippen LogP contribution in [0.5, 0.6) is 0 Å². The Hall–Kier alpha value is -2.53. The minimum absolute atomic E-state index is 0.0827. The van der Waals surface area contributed by atoms with Crippen molar-refractivity contribution in [3.8, 4) is 0 Å². The second-order valence-corrected chi connectivity index (χ2v) is 9.14. The highest BCUT2D eigenvalue weighted by Gasteiger charge is 2.32. The van der Waals surface area contributed by atoms with Crippen molar-refractivity contribution in [3.63, 3.8) is 0 Å². The molecule has 0 aliphatic carbocycles. The Morgan fingerprint density at radius 1 is 0.968 bits per heavy atom. The quantitative estimate of drug-likeness (QED) is 0.425. The summed E-state index contributed by atoms with van der Waals surface area (Å²) in [5, 5.41) is 0.367. The summed E-state index contributed by atoms with van der Waals surface area (Å²) in [6, 6.07) is 27.8. The largest absolute Gasteiger partial charge is 0.367 e. The average Bonchev–Trinajstić information content (AvgIpc) is 2.80. The molecule has 1 unspecified atom stereocenters. The highest BCUT2D eigenvalue weighted by molar-refractivity contribution is 8.04. The van der Waals surface area contributed by atoms with Crippen LogP contribution in [0.25, 0.3) is 0 Å². The Morgan fingerprint density at radius 3 is 2.13 bits per heavy atom. The maximum atomic E-state index is 13.1. The van der Waals surface area contributed by atoms with E-state index in [-0.39, 0.29) is 17.3 Å². The number of carbonyl (C=O) groups excluding carboxylic acids is 1. The Kier molecular flexibility index (Phi) is 7.13. The number of thioether (sulfide) groups is 1. The molecule has 0 radical (unpaired) electrons. The van der Waals surface area contributed by atoms with Crippen molar-refractivity contribution in [2.45, 2.75) is 11.4 Å². The van der Waals surface area contributed by atoms with Gasteiger partial charge < -0.3 is 9.64 Å². The molecule has 0 spiro atoms. The van der Waals surface area contributed by atoms with Gasteiger partial charge in [-0.3, -0.25) is 4.79 Å². The first-order valence-electron chi connectivity index (χ1n) is 10.2. The maximum Gasteiger partial charge on any atom is 0.240 e. The molecule has 1 aliphatic rings. The first kappa shape index (κ1) is 21.7. The van der Waals surface area contributed by atoms with Crippen LogP contribution in [0.1, 0.15) is 28.0 Å². The number of rotatable bonds is 7. The van der Waals surface area contributed by atoms with Gasteiger partial charge in [0.25, 0.3) is 0 Å². The molecule has 3 aromatic carbocycles. The van der Waals surface area contributed by atoms with E-state index in [9.17, 15) is 4.79 Å². The van der Waals surface area contributed by atoms with Crippen LogP contribution in [-0.4, -0.2) is 30.5 Å². The van der Waals surface area contributed by atoms with Gasteiger partial charge in [0.05, 0.1) is 13.2 Å². The van der Waals surface area contributed by atoms with E-state index < -0.39 is 0 Å².